The van der Waals surface area contributed by atoms with Gasteiger partial charge in [0.05, 0.1) is 6.54 Å². The van der Waals surface area contributed by atoms with Gasteiger partial charge >= 0.3 is 0 Å². The SMILES string of the molecule is CCCN1CC(=O)N(Cc2cccnc2NC)CC1=O. The van der Waals surface area contributed by atoms with E-state index in [0.29, 0.717) is 13.1 Å². The third kappa shape index (κ3) is 3.07. The van der Waals surface area contributed by atoms with Crippen LogP contribution in [0.3, 0.4) is 0 Å². The molecular weight excluding hydrogens is 256 g/mol. The van der Waals surface area contributed by atoms with Gasteiger partial charge in [0.1, 0.15) is 12.4 Å². The zero-order valence-corrected chi connectivity index (χ0v) is 11.9. The first-order valence-corrected chi connectivity index (χ1v) is 6.83. The molecule has 1 aliphatic heterocycles. The number of hydrogen-bond donors (Lipinski definition) is 1. The molecule has 0 atom stereocenters. The lowest BCUT2D eigenvalue weighted by molar-refractivity contribution is -0.150. The van der Waals surface area contributed by atoms with Gasteiger partial charge in [-0.05, 0) is 12.5 Å². The molecule has 1 saturated heterocycles. The Balaban J connectivity index is 2.07. The average Bonchev–Trinajstić information content (AvgIpc) is 2.45. The van der Waals surface area contributed by atoms with Crippen molar-refractivity contribution in [2.24, 2.45) is 0 Å². The minimum atomic E-state index is -0.0102. The molecule has 20 heavy (non-hydrogen) atoms. The monoisotopic (exact) mass is 276 g/mol. The largest absolute Gasteiger partial charge is 0.373 e. The normalized spacial score (nSPS) is 15.7. The molecule has 1 aromatic heterocycles. The molecule has 0 unspecified atom stereocenters. The predicted octanol–water partition coefficient (Wildman–Crippen LogP) is 0.704. The molecule has 0 aliphatic carbocycles. The smallest absolute Gasteiger partial charge is 0.242 e. The van der Waals surface area contributed by atoms with Gasteiger partial charge in [0.15, 0.2) is 0 Å². The summed E-state index contributed by atoms with van der Waals surface area (Å²) in [6, 6.07) is 3.74. The second kappa shape index (κ2) is 6.36. The molecule has 0 saturated carbocycles. The van der Waals surface area contributed by atoms with Crippen LogP contribution in [-0.2, 0) is 16.1 Å². The fourth-order valence-electron chi connectivity index (χ4n) is 2.32. The van der Waals surface area contributed by atoms with Gasteiger partial charge in [0.2, 0.25) is 11.8 Å². The van der Waals surface area contributed by atoms with E-state index in [9.17, 15) is 9.59 Å². The van der Waals surface area contributed by atoms with E-state index in [1.165, 1.54) is 0 Å². The van der Waals surface area contributed by atoms with Crippen molar-refractivity contribution in [2.45, 2.75) is 19.9 Å². The van der Waals surface area contributed by atoms with Crippen LogP contribution in [0.25, 0.3) is 0 Å². The highest BCUT2D eigenvalue weighted by Gasteiger charge is 2.29. The zero-order valence-electron chi connectivity index (χ0n) is 11.9. The van der Waals surface area contributed by atoms with E-state index in [-0.39, 0.29) is 24.9 Å². The molecule has 1 fully saturated rings. The van der Waals surface area contributed by atoms with Gasteiger partial charge in [0, 0.05) is 31.9 Å². The summed E-state index contributed by atoms with van der Waals surface area (Å²) in [7, 11) is 1.79. The van der Waals surface area contributed by atoms with Gasteiger partial charge in [-0.15, -0.1) is 0 Å². The van der Waals surface area contributed by atoms with Crippen LogP contribution in [0, 0.1) is 0 Å². The number of amides is 2. The van der Waals surface area contributed by atoms with Gasteiger partial charge in [-0.2, -0.15) is 0 Å². The van der Waals surface area contributed by atoms with E-state index in [0.717, 1.165) is 17.8 Å². The van der Waals surface area contributed by atoms with E-state index in [1.54, 1.807) is 23.0 Å². The zero-order chi connectivity index (χ0) is 14.5. The van der Waals surface area contributed by atoms with Crippen LogP contribution in [0.2, 0.25) is 0 Å². The van der Waals surface area contributed by atoms with Gasteiger partial charge in [-0.25, -0.2) is 4.98 Å². The van der Waals surface area contributed by atoms with Crippen LogP contribution >= 0.6 is 0 Å². The number of hydrogen-bond acceptors (Lipinski definition) is 4. The molecule has 6 nitrogen and oxygen atoms in total. The maximum absolute atomic E-state index is 12.1. The molecular formula is C14H20N4O2. The number of carbonyl (C=O) groups excluding carboxylic acids is 2. The third-order valence-corrected chi connectivity index (χ3v) is 3.34. The van der Waals surface area contributed by atoms with Crippen LogP contribution in [0.1, 0.15) is 18.9 Å². The van der Waals surface area contributed by atoms with Gasteiger partial charge in [-0.3, -0.25) is 9.59 Å². The Labute approximate surface area is 118 Å². The Morgan fingerprint density at radius 3 is 2.65 bits per heavy atom. The highest BCUT2D eigenvalue weighted by atomic mass is 16.2. The molecule has 0 spiro atoms. The highest BCUT2D eigenvalue weighted by molar-refractivity contribution is 5.92. The fraction of sp³-hybridized carbons (Fsp3) is 0.500. The average molecular weight is 276 g/mol. The summed E-state index contributed by atoms with van der Waals surface area (Å²) in [6.45, 7) is 3.39. The number of rotatable bonds is 5. The molecule has 108 valence electrons. The third-order valence-electron chi connectivity index (χ3n) is 3.34. The number of piperazine rings is 1. The van der Waals surface area contributed by atoms with Crippen LogP contribution < -0.4 is 5.32 Å². The standard InChI is InChI=1S/C14H20N4O2/c1-3-7-17-9-13(20)18(10-12(17)19)8-11-5-4-6-16-14(11)15-2/h4-6H,3,7-10H2,1-2H3,(H,15,16). The summed E-state index contributed by atoms with van der Waals surface area (Å²) in [5.41, 5.74) is 0.917. The van der Waals surface area contributed by atoms with Gasteiger partial charge < -0.3 is 15.1 Å². The molecule has 6 heteroatoms. The number of pyridine rings is 1. The second-order valence-electron chi connectivity index (χ2n) is 4.83. The van der Waals surface area contributed by atoms with Crippen LogP contribution in [0.15, 0.2) is 18.3 Å². The second-order valence-corrected chi connectivity index (χ2v) is 4.83. The van der Waals surface area contributed by atoms with Crippen molar-refractivity contribution in [1.29, 1.82) is 0 Å². The van der Waals surface area contributed by atoms with Crippen LogP contribution in [-0.4, -0.2) is 53.3 Å². The van der Waals surface area contributed by atoms with Gasteiger partial charge in [-0.1, -0.05) is 13.0 Å². The summed E-state index contributed by atoms with van der Waals surface area (Å²) in [5.74, 6) is 0.744. The van der Waals surface area contributed by atoms with Crippen LogP contribution in [0.4, 0.5) is 5.82 Å². The molecule has 2 amide bonds. The summed E-state index contributed by atoms with van der Waals surface area (Å²) < 4.78 is 0. The summed E-state index contributed by atoms with van der Waals surface area (Å²) in [6.07, 6.45) is 2.56. The number of carbonyl (C=O) groups is 2. The van der Waals surface area contributed by atoms with E-state index >= 15 is 0 Å². The first kappa shape index (κ1) is 14.3. The van der Waals surface area contributed by atoms with Gasteiger partial charge in [0.25, 0.3) is 0 Å². The Morgan fingerprint density at radius 1 is 1.25 bits per heavy atom. The van der Waals surface area contributed by atoms with E-state index in [1.807, 2.05) is 19.1 Å². The number of nitrogens with zero attached hydrogens (tertiary/aromatic N) is 3. The molecule has 1 N–H and O–H groups in total. The molecule has 0 bridgehead atoms. The lowest BCUT2D eigenvalue weighted by Gasteiger charge is -2.34. The molecule has 2 heterocycles. The topological polar surface area (TPSA) is 65.5 Å². The molecule has 1 aliphatic rings. The Bertz CT molecular complexity index is 504. The maximum Gasteiger partial charge on any atom is 0.242 e. The van der Waals surface area contributed by atoms with E-state index in [2.05, 4.69) is 10.3 Å². The summed E-state index contributed by atoms with van der Waals surface area (Å²) >= 11 is 0. The highest BCUT2D eigenvalue weighted by Crippen LogP contribution is 2.16. The number of anilines is 1. The molecule has 0 aromatic carbocycles. The van der Waals surface area contributed by atoms with Crippen molar-refractivity contribution in [3.8, 4) is 0 Å². The van der Waals surface area contributed by atoms with Crippen molar-refractivity contribution in [3.05, 3.63) is 23.9 Å². The number of nitrogens with one attached hydrogen (secondary N) is 1. The maximum atomic E-state index is 12.1. The van der Waals surface area contributed by atoms with Crippen molar-refractivity contribution in [1.82, 2.24) is 14.8 Å². The minimum Gasteiger partial charge on any atom is -0.373 e. The van der Waals surface area contributed by atoms with Crippen molar-refractivity contribution >= 4 is 17.6 Å². The summed E-state index contributed by atoms with van der Waals surface area (Å²) in [5, 5.41) is 3.00. The van der Waals surface area contributed by atoms with Crippen molar-refractivity contribution in [3.63, 3.8) is 0 Å². The van der Waals surface area contributed by atoms with Crippen LogP contribution in [0.5, 0.6) is 0 Å². The fourth-order valence-corrected chi connectivity index (χ4v) is 2.32. The summed E-state index contributed by atoms with van der Waals surface area (Å²) in [4.78, 5) is 31.5. The Morgan fingerprint density at radius 2 is 1.95 bits per heavy atom. The number of aromatic nitrogens is 1. The van der Waals surface area contributed by atoms with E-state index in [4.69, 9.17) is 0 Å². The first-order valence-electron chi connectivity index (χ1n) is 6.83. The Hall–Kier alpha value is -2.11. The predicted molar refractivity (Wildman–Crippen MR) is 76.1 cm³/mol. The first-order chi connectivity index (χ1) is 9.65. The van der Waals surface area contributed by atoms with Crippen molar-refractivity contribution in [2.75, 3.05) is 32.0 Å². The minimum absolute atomic E-state index is 0.0102. The molecule has 1 aromatic rings. The molecule has 0 radical (unpaired) electrons. The quantitative estimate of drug-likeness (QED) is 0.860. The lowest BCUT2D eigenvalue weighted by atomic mass is 10.2. The Kier molecular flexibility index (Phi) is 4.55. The molecule has 2 rings (SSSR count). The van der Waals surface area contributed by atoms with E-state index < -0.39 is 0 Å². The lowest BCUT2D eigenvalue weighted by Crippen LogP contribution is -2.53. The van der Waals surface area contributed by atoms with Crippen molar-refractivity contribution < 1.29 is 9.59 Å².